The number of hydrogen-bond donors (Lipinski definition) is 0. The Morgan fingerprint density at radius 1 is 1.22 bits per heavy atom. The van der Waals surface area contributed by atoms with E-state index in [1.165, 1.54) is 36.7 Å². The minimum Gasteiger partial charge on any atom is -0.406 e. The lowest BCUT2D eigenvalue weighted by Crippen LogP contribution is -2.16. The van der Waals surface area contributed by atoms with Crippen molar-refractivity contribution < 1.29 is 17.9 Å². The molecule has 1 aromatic carbocycles. The average Bonchev–Trinajstić information content (AvgIpc) is 3.25. The lowest BCUT2D eigenvalue weighted by atomic mass is 10.2. The molecule has 0 amide bonds. The highest BCUT2D eigenvalue weighted by Crippen LogP contribution is 2.40. The van der Waals surface area contributed by atoms with Gasteiger partial charge in [0.15, 0.2) is 5.16 Å². The van der Waals surface area contributed by atoms with Gasteiger partial charge in [-0.3, -0.25) is 0 Å². The zero-order valence-electron chi connectivity index (χ0n) is 12.5. The fraction of sp³-hybridized carbons (Fsp3) is 0.467. The normalized spacial score (nSPS) is 15.0. The number of aromatic nitrogens is 3. The van der Waals surface area contributed by atoms with Crippen molar-refractivity contribution in [3.05, 3.63) is 35.7 Å². The van der Waals surface area contributed by atoms with E-state index in [1.54, 1.807) is 12.1 Å². The maximum absolute atomic E-state index is 12.1. The van der Waals surface area contributed by atoms with E-state index in [-0.39, 0.29) is 5.75 Å². The molecule has 1 aliphatic rings. The number of nitrogens with zero attached hydrogens (tertiary/aromatic N) is 3. The summed E-state index contributed by atoms with van der Waals surface area (Å²) in [4.78, 5) is 0. The highest BCUT2D eigenvalue weighted by Gasteiger charge is 2.31. The molecule has 0 bridgehead atoms. The zero-order chi connectivity index (χ0) is 16.4. The van der Waals surface area contributed by atoms with Crippen molar-refractivity contribution in [3.8, 4) is 5.75 Å². The molecule has 4 nitrogen and oxygen atoms in total. The van der Waals surface area contributed by atoms with Crippen LogP contribution in [0.15, 0.2) is 29.4 Å². The quantitative estimate of drug-likeness (QED) is 0.731. The SMILES string of the molecule is CCn1c(SCc2ccc(OC(F)(F)F)cc2)nnc1C1CC1. The van der Waals surface area contributed by atoms with E-state index in [0.29, 0.717) is 11.7 Å². The van der Waals surface area contributed by atoms with E-state index in [1.807, 2.05) is 0 Å². The Morgan fingerprint density at radius 2 is 1.91 bits per heavy atom. The third-order valence-corrected chi connectivity index (χ3v) is 4.57. The standard InChI is InChI=1S/C15H16F3N3OS/c1-2-21-13(11-5-6-11)19-20-14(21)23-9-10-3-7-12(8-4-10)22-15(16,17)18/h3-4,7-8,11H,2,5-6,9H2,1H3. The van der Waals surface area contributed by atoms with Crippen LogP contribution < -0.4 is 4.74 Å². The molecule has 2 aromatic rings. The van der Waals surface area contributed by atoms with Crippen LogP contribution in [0.4, 0.5) is 13.2 Å². The van der Waals surface area contributed by atoms with Crippen LogP contribution in [0.2, 0.25) is 0 Å². The topological polar surface area (TPSA) is 39.9 Å². The fourth-order valence-electron chi connectivity index (χ4n) is 2.28. The van der Waals surface area contributed by atoms with Gasteiger partial charge in [-0.05, 0) is 37.5 Å². The molecule has 3 rings (SSSR count). The van der Waals surface area contributed by atoms with Crippen LogP contribution in [0.5, 0.6) is 5.75 Å². The third kappa shape index (κ3) is 4.19. The van der Waals surface area contributed by atoms with Crippen molar-refractivity contribution in [2.24, 2.45) is 0 Å². The molecule has 0 aliphatic heterocycles. The monoisotopic (exact) mass is 343 g/mol. The second-order valence-electron chi connectivity index (χ2n) is 5.34. The van der Waals surface area contributed by atoms with Crippen LogP contribution in [0.25, 0.3) is 0 Å². The first-order valence-corrected chi connectivity index (χ1v) is 8.35. The summed E-state index contributed by atoms with van der Waals surface area (Å²) in [6.07, 6.45) is -2.32. The number of alkyl halides is 3. The predicted octanol–water partition coefficient (Wildman–Crippen LogP) is 4.37. The molecule has 8 heteroatoms. The minimum atomic E-state index is -4.66. The van der Waals surface area contributed by atoms with Crippen LogP contribution in [0.3, 0.4) is 0 Å². The van der Waals surface area contributed by atoms with Crippen molar-refractivity contribution in [3.63, 3.8) is 0 Å². The molecule has 0 atom stereocenters. The smallest absolute Gasteiger partial charge is 0.406 e. The third-order valence-electron chi connectivity index (χ3n) is 3.53. The van der Waals surface area contributed by atoms with Crippen molar-refractivity contribution in [2.45, 2.75) is 49.5 Å². The molecule has 23 heavy (non-hydrogen) atoms. The summed E-state index contributed by atoms with van der Waals surface area (Å²) in [5.41, 5.74) is 0.906. The van der Waals surface area contributed by atoms with Crippen LogP contribution in [-0.2, 0) is 12.3 Å². The van der Waals surface area contributed by atoms with Gasteiger partial charge in [0.25, 0.3) is 0 Å². The first-order chi connectivity index (χ1) is 11.0. The summed E-state index contributed by atoms with van der Waals surface area (Å²) in [6, 6.07) is 5.90. The maximum Gasteiger partial charge on any atom is 0.573 e. The summed E-state index contributed by atoms with van der Waals surface area (Å²) >= 11 is 1.54. The molecule has 1 fully saturated rings. The summed E-state index contributed by atoms with van der Waals surface area (Å²) < 4.78 is 42.3. The molecule has 1 aromatic heterocycles. The summed E-state index contributed by atoms with van der Waals surface area (Å²) in [5.74, 6) is 1.99. The lowest BCUT2D eigenvalue weighted by Gasteiger charge is -2.09. The molecule has 124 valence electrons. The summed E-state index contributed by atoms with van der Waals surface area (Å²) in [5, 5.41) is 9.35. The summed E-state index contributed by atoms with van der Waals surface area (Å²) in [6.45, 7) is 2.88. The van der Waals surface area contributed by atoms with E-state index in [0.717, 1.165) is 23.1 Å². The van der Waals surface area contributed by atoms with Gasteiger partial charge in [-0.2, -0.15) is 0 Å². The van der Waals surface area contributed by atoms with Gasteiger partial charge in [0.1, 0.15) is 11.6 Å². The second-order valence-corrected chi connectivity index (χ2v) is 6.28. The van der Waals surface area contributed by atoms with E-state index < -0.39 is 6.36 Å². The molecule has 1 saturated carbocycles. The number of thioether (sulfide) groups is 1. The molecule has 0 radical (unpaired) electrons. The van der Waals surface area contributed by atoms with Gasteiger partial charge >= 0.3 is 6.36 Å². The first-order valence-electron chi connectivity index (χ1n) is 7.37. The maximum atomic E-state index is 12.1. The minimum absolute atomic E-state index is 0.209. The number of ether oxygens (including phenoxy) is 1. The van der Waals surface area contributed by atoms with Crippen LogP contribution in [0.1, 0.15) is 37.1 Å². The van der Waals surface area contributed by atoms with Crippen molar-refractivity contribution >= 4 is 11.8 Å². The van der Waals surface area contributed by atoms with Crippen LogP contribution in [-0.4, -0.2) is 21.1 Å². The fourth-order valence-corrected chi connectivity index (χ4v) is 3.25. The highest BCUT2D eigenvalue weighted by molar-refractivity contribution is 7.98. The van der Waals surface area contributed by atoms with Crippen molar-refractivity contribution in [1.29, 1.82) is 0 Å². The Labute approximate surface area is 136 Å². The number of benzene rings is 1. The molecular weight excluding hydrogens is 327 g/mol. The number of halogens is 3. The Hall–Kier alpha value is -1.70. The Balaban J connectivity index is 1.62. The lowest BCUT2D eigenvalue weighted by molar-refractivity contribution is -0.274. The first kappa shape index (κ1) is 16.2. The van der Waals surface area contributed by atoms with E-state index in [9.17, 15) is 13.2 Å². The van der Waals surface area contributed by atoms with Crippen LogP contribution >= 0.6 is 11.8 Å². The van der Waals surface area contributed by atoms with Gasteiger partial charge in [-0.1, -0.05) is 23.9 Å². The largest absolute Gasteiger partial charge is 0.573 e. The molecule has 1 aliphatic carbocycles. The molecular formula is C15H16F3N3OS. The van der Waals surface area contributed by atoms with E-state index >= 15 is 0 Å². The van der Waals surface area contributed by atoms with Gasteiger partial charge in [0, 0.05) is 18.2 Å². The van der Waals surface area contributed by atoms with Gasteiger partial charge in [0.2, 0.25) is 0 Å². The number of hydrogen-bond acceptors (Lipinski definition) is 4. The van der Waals surface area contributed by atoms with Crippen molar-refractivity contribution in [1.82, 2.24) is 14.8 Å². The van der Waals surface area contributed by atoms with Gasteiger partial charge in [-0.25, -0.2) is 0 Å². The molecule has 0 N–H and O–H groups in total. The van der Waals surface area contributed by atoms with Crippen molar-refractivity contribution in [2.75, 3.05) is 0 Å². The number of rotatable bonds is 6. The molecule has 0 spiro atoms. The molecule has 0 unspecified atom stereocenters. The highest BCUT2D eigenvalue weighted by atomic mass is 32.2. The molecule has 1 heterocycles. The van der Waals surface area contributed by atoms with E-state index in [2.05, 4.69) is 26.4 Å². The average molecular weight is 343 g/mol. The second kappa shape index (κ2) is 6.43. The molecule has 0 saturated heterocycles. The van der Waals surface area contributed by atoms with Gasteiger partial charge in [0.05, 0.1) is 0 Å². The summed E-state index contributed by atoms with van der Waals surface area (Å²) in [7, 11) is 0. The van der Waals surface area contributed by atoms with Crippen LogP contribution in [0, 0.1) is 0 Å². The Bertz CT molecular complexity index is 666. The zero-order valence-corrected chi connectivity index (χ0v) is 13.3. The van der Waals surface area contributed by atoms with Gasteiger partial charge in [-0.15, -0.1) is 23.4 Å². The Kier molecular flexibility index (Phi) is 4.52. The Morgan fingerprint density at radius 3 is 2.48 bits per heavy atom. The predicted molar refractivity (Wildman–Crippen MR) is 80.4 cm³/mol. The van der Waals surface area contributed by atoms with Gasteiger partial charge < -0.3 is 9.30 Å². The van der Waals surface area contributed by atoms with E-state index in [4.69, 9.17) is 0 Å².